The predicted molar refractivity (Wildman–Crippen MR) is 35.0 cm³/mol. The molecule has 0 nitrogen and oxygen atoms in total. The van der Waals surface area contributed by atoms with Crippen LogP contribution in [0.2, 0.25) is 0 Å². The van der Waals surface area contributed by atoms with Crippen molar-refractivity contribution in [2.24, 2.45) is 0 Å². The average Bonchev–Trinajstić information content (AvgIpc) is 1.46. The SMILES string of the molecule is C[CH-]I.[CH2-]C.[Zn+2]. The van der Waals surface area contributed by atoms with E-state index < -0.39 is 0 Å². The van der Waals surface area contributed by atoms with Crippen LogP contribution in [0.1, 0.15) is 13.8 Å². The van der Waals surface area contributed by atoms with E-state index in [0.717, 1.165) is 0 Å². The number of halogens is 1. The van der Waals surface area contributed by atoms with Crippen LogP contribution in [-0.4, -0.2) is 0 Å². The third-order valence-corrected chi connectivity index (χ3v) is 0. The molecular weight excluding hydrogens is 240 g/mol. The van der Waals surface area contributed by atoms with Crippen LogP contribution >= 0.6 is 22.6 Å². The number of hydrogen-bond donors (Lipinski definition) is 0. The second kappa shape index (κ2) is 32.9. The molecule has 0 aromatic heterocycles. The summed E-state index contributed by atoms with van der Waals surface area (Å²) in [6.07, 6.45) is 0. The van der Waals surface area contributed by atoms with E-state index in [1.165, 1.54) is 0 Å². The first-order valence-corrected chi connectivity index (χ1v) is 2.75. The van der Waals surface area contributed by atoms with Gasteiger partial charge in [0.25, 0.3) is 0 Å². The normalized spacial score (nSPS) is 4.00. The summed E-state index contributed by atoms with van der Waals surface area (Å²) in [6.45, 7) is 6.99. The van der Waals surface area contributed by atoms with Gasteiger partial charge in [-0.2, -0.15) is 13.8 Å². The minimum Gasteiger partial charge on any atom is -0.346 e. The molecule has 0 aromatic carbocycles. The fourth-order valence-electron chi connectivity index (χ4n) is 0. The van der Waals surface area contributed by atoms with Crippen LogP contribution in [-0.2, 0) is 19.5 Å². The molecule has 0 unspecified atom stereocenters. The van der Waals surface area contributed by atoms with Crippen LogP contribution in [0.25, 0.3) is 0 Å². The van der Waals surface area contributed by atoms with Gasteiger partial charge in [-0.1, -0.05) is 0 Å². The first-order valence-electron chi connectivity index (χ1n) is 1.50. The van der Waals surface area contributed by atoms with Gasteiger partial charge in [-0.15, -0.1) is 0 Å². The van der Waals surface area contributed by atoms with Gasteiger partial charge in [-0.3, -0.25) is 4.43 Å². The molecule has 6 heavy (non-hydrogen) atoms. The van der Waals surface area contributed by atoms with E-state index in [1.807, 2.05) is 11.4 Å². The van der Waals surface area contributed by atoms with E-state index >= 15 is 0 Å². The maximum Gasteiger partial charge on any atom is 2.00 e. The van der Waals surface area contributed by atoms with Crippen molar-refractivity contribution in [3.05, 3.63) is 11.4 Å². The van der Waals surface area contributed by atoms with Gasteiger partial charge < -0.3 is 29.5 Å². The Hall–Kier alpha value is 1.35. The summed E-state index contributed by atoms with van der Waals surface area (Å²) >= 11 is 2.16. The molecule has 0 rings (SSSR count). The summed E-state index contributed by atoms with van der Waals surface area (Å²) < 4.78 is 1.97. The molecule has 0 bridgehead atoms. The van der Waals surface area contributed by atoms with Crippen molar-refractivity contribution >= 4 is 22.6 Å². The van der Waals surface area contributed by atoms with E-state index in [1.54, 1.807) is 6.92 Å². The van der Waals surface area contributed by atoms with Gasteiger partial charge in [0.15, 0.2) is 0 Å². The first-order chi connectivity index (χ1) is 2.41. The molecule has 34 valence electrons. The minimum atomic E-state index is 0. The van der Waals surface area contributed by atoms with Crippen LogP contribution in [0, 0.1) is 11.4 Å². The van der Waals surface area contributed by atoms with Gasteiger partial charge in [0.1, 0.15) is 0 Å². The zero-order valence-corrected chi connectivity index (χ0v) is 9.49. The van der Waals surface area contributed by atoms with Gasteiger partial charge in [0, 0.05) is 0 Å². The van der Waals surface area contributed by atoms with Crippen LogP contribution in [0.5, 0.6) is 0 Å². The summed E-state index contributed by atoms with van der Waals surface area (Å²) in [6, 6.07) is 0. The smallest absolute Gasteiger partial charge is 0.346 e. The maximum absolute atomic E-state index is 3.25. The summed E-state index contributed by atoms with van der Waals surface area (Å²) in [5.74, 6) is 0. The van der Waals surface area contributed by atoms with Gasteiger partial charge in [-0.05, 0) is 0 Å². The van der Waals surface area contributed by atoms with Crippen molar-refractivity contribution in [1.29, 1.82) is 0 Å². The topological polar surface area (TPSA) is 0 Å². The Morgan fingerprint density at radius 1 is 1.50 bits per heavy atom. The molecule has 0 fully saturated rings. The molecule has 0 radical (unpaired) electrons. The van der Waals surface area contributed by atoms with Gasteiger partial charge in [0.05, 0.1) is 0 Å². The third kappa shape index (κ3) is 55.4. The quantitative estimate of drug-likeness (QED) is 0.351. The summed E-state index contributed by atoms with van der Waals surface area (Å²) in [7, 11) is 0. The van der Waals surface area contributed by atoms with Gasteiger partial charge in [-0.25, -0.2) is 0 Å². The molecule has 0 amide bonds. The molecule has 0 saturated heterocycles. The summed E-state index contributed by atoms with van der Waals surface area (Å²) in [5, 5.41) is 0. The standard InChI is InChI=1S/C2H4I.C2H5.Zn/c1-2-3;1-2;/h2H,1H3;1H2,2H3;/q2*-1;+2. The molecule has 0 atom stereocenters. The Morgan fingerprint density at radius 2 is 1.50 bits per heavy atom. The van der Waals surface area contributed by atoms with Crippen LogP contribution in [0.3, 0.4) is 0 Å². The minimum absolute atomic E-state index is 0. The van der Waals surface area contributed by atoms with E-state index in [4.69, 9.17) is 0 Å². The van der Waals surface area contributed by atoms with Crippen molar-refractivity contribution in [2.45, 2.75) is 13.8 Å². The molecule has 0 aliphatic rings. The zero-order valence-electron chi connectivity index (χ0n) is 4.37. The van der Waals surface area contributed by atoms with Crippen LogP contribution in [0.15, 0.2) is 0 Å². The fourth-order valence-corrected chi connectivity index (χ4v) is 0. The summed E-state index contributed by atoms with van der Waals surface area (Å²) in [4.78, 5) is 0. The van der Waals surface area contributed by atoms with E-state index in [2.05, 4.69) is 29.5 Å². The van der Waals surface area contributed by atoms with Crippen molar-refractivity contribution in [1.82, 2.24) is 0 Å². The molecule has 0 saturated carbocycles. The third-order valence-electron chi connectivity index (χ3n) is 0. The van der Waals surface area contributed by atoms with Gasteiger partial charge in [0.2, 0.25) is 0 Å². The Morgan fingerprint density at radius 3 is 1.50 bits per heavy atom. The van der Waals surface area contributed by atoms with Crippen LogP contribution in [0.4, 0.5) is 0 Å². The Balaban J connectivity index is -0.0000000275. The Labute approximate surface area is 67.0 Å². The number of hydrogen-bond acceptors (Lipinski definition) is 0. The first kappa shape index (κ1) is 15.7. The molecule has 2 heteroatoms. The maximum atomic E-state index is 3.25. The van der Waals surface area contributed by atoms with Gasteiger partial charge >= 0.3 is 19.5 Å². The van der Waals surface area contributed by atoms with E-state index in [9.17, 15) is 0 Å². The van der Waals surface area contributed by atoms with E-state index in [0.29, 0.717) is 0 Å². The Kier molecular flexibility index (Phi) is 85.8. The molecule has 0 aromatic rings. The second-order valence-electron chi connectivity index (χ2n) is 0.218. The molecular formula is C4H9IZn. The van der Waals surface area contributed by atoms with Crippen molar-refractivity contribution in [3.63, 3.8) is 0 Å². The Bertz CT molecular complexity index is 7.51. The molecule has 0 N–H and O–H groups in total. The van der Waals surface area contributed by atoms with Crippen molar-refractivity contribution < 1.29 is 19.5 Å². The fraction of sp³-hybridized carbons (Fsp3) is 0.500. The summed E-state index contributed by atoms with van der Waals surface area (Å²) in [5.41, 5.74) is 0. The molecule has 0 aliphatic heterocycles. The van der Waals surface area contributed by atoms with Crippen molar-refractivity contribution in [2.75, 3.05) is 0 Å². The molecule has 0 heterocycles. The average molecular weight is 249 g/mol. The second-order valence-corrected chi connectivity index (χ2v) is 1.46. The molecule has 0 aliphatic carbocycles. The monoisotopic (exact) mass is 248 g/mol. The zero-order chi connectivity index (χ0) is 4.71. The molecule has 0 spiro atoms. The van der Waals surface area contributed by atoms with Crippen molar-refractivity contribution in [3.8, 4) is 0 Å². The van der Waals surface area contributed by atoms with E-state index in [-0.39, 0.29) is 19.5 Å². The largest absolute Gasteiger partial charge is 2.00 e. The number of rotatable bonds is 0. The van der Waals surface area contributed by atoms with Crippen LogP contribution < -0.4 is 0 Å². The predicted octanol–water partition coefficient (Wildman–Crippen LogP) is 2.44.